The van der Waals surface area contributed by atoms with Gasteiger partial charge in [0.2, 0.25) is 11.8 Å². The molecule has 0 aromatic heterocycles. The molecule has 2 aromatic carbocycles. The highest BCUT2D eigenvalue weighted by atomic mass is 32.2. The third kappa shape index (κ3) is 7.95. The Morgan fingerprint density at radius 1 is 1.11 bits per heavy atom. The van der Waals surface area contributed by atoms with Crippen molar-refractivity contribution in [2.45, 2.75) is 55.2 Å². The van der Waals surface area contributed by atoms with Crippen LogP contribution in [0, 0.1) is 6.92 Å². The molecule has 0 spiro atoms. The second-order valence-corrected chi connectivity index (χ2v) is 10.5. The number of hydrogen-bond donors (Lipinski definition) is 7. The molecule has 11 heteroatoms. The largest absolute Gasteiger partial charge is 0.508 e. The Kier molecular flexibility index (Phi) is 10.6. The van der Waals surface area contributed by atoms with Gasteiger partial charge in [0.1, 0.15) is 23.7 Å². The van der Waals surface area contributed by atoms with Crippen LogP contribution in [-0.2, 0) is 16.0 Å². The number of phenolic OH excluding ortho intramolecular Hbond substituents is 1. The first-order chi connectivity index (χ1) is 18.1. The highest BCUT2D eigenvalue weighted by molar-refractivity contribution is 8.00. The molecule has 0 saturated carbocycles. The molecule has 0 radical (unpaired) electrons. The lowest BCUT2D eigenvalue weighted by Crippen LogP contribution is -2.55. The van der Waals surface area contributed by atoms with Crippen molar-refractivity contribution in [3.63, 3.8) is 0 Å². The third-order valence-corrected chi connectivity index (χ3v) is 7.60. The molecule has 3 rings (SSSR count). The van der Waals surface area contributed by atoms with Gasteiger partial charge in [0.05, 0.1) is 18.0 Å². The number of nitrogens with two attached hydrogens (primary N) is 1. The summed E-state index contributed by atoms with van der Waals surface area (Å²) in [5.41, 5.74) is 7.46. The fraction of sp³-hybridized carbons (Fsp3) is 0.407. The zero-order valence-corrected chi connectivity index (χ0v) is 21.8. The molecular weight excluding hydrogens is 512 g/mol. The number of aryl methyl sites for hydroxylation is 1. The zero-order valence-electron chi connectivity index (χ0n) is 21.0. The first kappa shape index (κ1) is 29.5. The van der Waals surface area contributed by atoms with E-state index in [-0.39, 0.29) is 31.0 Å². The lowest BCUT2D eigenvalue weighted by molar-refractivity contribution is -0.120. The third-order valence-electron chi connectivity index (χ3n) is 6.18. The summed E-state index contributed by atoms with van der Waals surface area (Å²) < 4.78 is 6.02. The van der Waals surface area contributed by atoms with Crippen LogP contribution in [-0.4, -0.2) is 79.5 Å². The summed E-state index contributed by atoms with van der Waals surface area (Å²) in [5, 5.41) is 52.3. The molecule has 2 amide bonds. The molecule has 1 saturated heterocycles. The van der Waals surface area contributed by atoms with Crippen molar-refractivity contribution in [1.82, 2.24) is 5.32 Å². The number of aromatic hydroxyl groups is 1. The van der Waals surface area contributed by atoms with Crippen LogP contribution in [0.3, 0.4) is 0 Å². The Balaban J connectivity index is 1.68. The molecule has 0 bridgehead atoms. The quantitative estimate of drug-likeness (QED) is 0.212. The van der Waals surface area contributed by atoms with Crippen molar-refractivity contribution in [3.8, 4) is 11.5 Å². The molecule has 0 unspecified atom stereocenters. The molecular formula is C27H34N2O8S. The van der Waals surface area contributed by atoms with Crippen LogP contribution in [0.2, 0.25) is 0 Å². The number of aliphatic hydroxyl groups is 4. The van der Waals surface area contributed by atoms with Crippen LogP contribution in [0.25, 0.3) is 6.08 Å². The lowest BCUT2D eigenvalue weighted by atomic mass is 9.98. The molecule has 1 heterocycles. The number of nitrogens with one attached hydrogen (secondary N) is 1. The van der Waals surface area contributed by atoms with Gasteiger partial charge in [0, 0.05) is 37.4 Å². The van der Waals surface area contributed by atoms with Crippen LogP contribution in [0.5, 0.6) is 11.5 Å². The molecule has 8 N–H and O–H groups in total. The fourth-order valence-corrected chi connectivity index (χ4v) is 5.27. The zero-order chi connectivity index (χ0) is 27.8. The summed E-state index contributed by atoms with van der Waals surface area (Å²) in [6.07, 6.45) is 0.0797. The van der Waals surface area contributed by atoms with E-state index in [1.165, 1.54) is 6.07 Å². The van der Waals surface area contributed by atoms with Crippen molar-refractivity contribution in [2.24, 2.45) is 5.73 Å². The minimum absolute atomic E-state index is 0.0185. The second kappa shape index (κ2) is 13.6. The number of ether oxygens (including phenoxy) is 1. The van der Waals surface area contributed by atoms with Gasteiger partial charge in [-0.25, -0.2) is 0 Å². The molecule has 1 fully saturated rings. The van der Waals surface area contributed by atoms with E-state index in [0.29, 0.717) is 12.2 Å². The number of carbonyl (C=O) groups is 2. The summed E-state index contributed by atoms with van der Waals surface area (Å²) in [4.78, 5) is 22.5. The van der Waals surface area contributed by atoms with E-state index in [1.807, 2.05) is 37.3 Å². The molecule has 2 aromatic rings. The minimum Gasteiger partial charge on any atom is -0.508 e. The maximum Gasteiger partial charge on any atom is 0.223 e. The van der Waals surface area contributed by atoms with E-state index in [4.69, 9.17) is 10.5 Å². The number of carbonyl (C=O) groups excluding carboxylic acids is 2. The number of phenols is 1. The van der Waals surface area contributed by atoms with Gasteiger partial charge >= 0.3 is 0 Å². The van der Waals surface area contributed by atoms with E-state index >= 15 is 0 Å². The van der Waals surface area contributed by atoms with Crippen molar-refractivity contribution in [3.05, 3.63) is 64.7 Å². The van der Waals surface area contributed by atoms with Crippen molar-refractivity contribution in [2.75, 3.05) is 13.2 Å². The second-order valence-electron chi connectivity index (χ2n) is 9.15. The van der Waals surface area contributed by atoms with Crippen LogP contribution >= 0.6 is 11.8 Å². The number of aliphatic hydroxyl groups excluding tert-OH is 4. The van der Waals surface area contributed by atoms with E-state index in [2.05, 4.69) is 5.32 Å². The van der Waals surface area contributed by atoms with Crippen molar-refractivity contribution in [1.29, 1.82) is 0 Å². The van der Waals surface area contributed by atoms with Crippen molar-refractivity contribution < 1.29 is 39.9 Å². The Hall–Kier alpha value is -3.09. The lowest BCUT2D eigenvalue weighted by Gasteiger charge is -2.39. The Morgan fingerprint density at radius 2 is 1.82 bits per heavy atom. The number of rotatable bonds is 11. The highest BCUT2D eigenvalue weighted by Gasteiger charge is 2.44. The predicted molar refractivity (Wildman–Crippen MR) is 143 cm³/mol. The first-order valence-electron chi connectivity index (χ1n) is 12.2. The van der Waals surface area contributed by atoms with Gasteiger partial charge < -0.3 is 41.3 Å². The monoisotopic (exact) mass is 546 g/mol. The summed E-state index contributed by atoms with van der Waals surface area (Å²) in [6, 6.07) is 10.7. The molecule has 1 aliphatic heterocycles. The van der Waals surface area contributed by atoms with Crippen LogP contribution in [0.4, 0.5) is 0 Å². The van der Waals surface area contributed by atoms with Gasteiger partial charge in [-0.3, -0.25) is 9.59 Å². The van der Waals surface area contributed by atoms with Crippen LogP contribution < -0.4 is 15.8 Å². The average molecular weight is 547 g/mol. The van der Waals surface area contributed by atoms with E-state index < -0.39 is 41.5 Å². The summed E-state index contributed by atoms with van der Waals surface area (Å²) in [5.74, 6) is -0.370. The highest BCUT2D eigenvalue weighted by Crippen LogP contribution is 2.37. The Bertz CT molecular complexity index is 1140. The van der Waals surface area contributed by atoms with Crippen molar-refractivity contribution >= 4 is 29.7 Å². The first-order valence-corrected chi connectivity index (χ1v) is 13.1. The summed E-state index contributed by atoms with van der Waals surface area (Å²) >= 11 is 1.02. The molecule has 5 atom stereocenters. The average Bonchev–Trinajstić information content (AvgIpc) is 2.87. The van der Waals surface area contributed by atoms with Gasteiger partial charge in [-0.15, -0.1) is 11.8 Å². The maximum absolute atomic E-state index is 11.8. The normalized spacial score (nSPS) is 23.3. The van der Waals surface area contributed by atoms with E-state index in [0.717, 1.165) is 34.0 Å². The number of primary amides is 1. The predicted octanol–water partition coefficient (Wildman–Crippen LogP) is 0.582. The smallest absolute Gasteiger partial charge is 0.223 e. The fourth-order valence-electron chi connectivity index (χ4n) is 4.04. The molecule has 1 aliphatic rings. The Morgan fingerprint density at radius 3 is 2.47 bits per heavy atom. The van der Waals surface area contributed by atoms with Gasteiger partial charge in [-0.05, 0) is 29.7 Å². The standard InChI is InChI=1S/C27H34N2O8S/c1-15-11-18(31)13-20(37-27-26(36)25(35)24(34)21(14-30)38-27)19(15)12-17-7-5-16(6-8-17)3-2-4-23(33)29-10-9-22(28)32/h2-3,5-8,11,13,21,24-27,30-31,34-36H,4,9-10,12,14H2,1H3,(H2,28,32)(H,29,33)/b3-2+/t21-,24-,25+,26-,27-/m1/s1. The van der Waals surface area contributed by atoms with Gasteiger partial charge in [0.25, 0.3) is 0 Å². The van der Waals surface area contributed by atoms with Crippen LogP contribution in [0.15, 0.2) is 42.5 Å². The number of thioether (sulfide) groups is 1. The molecule has 206 valence electrons. The molecule has 38 heavy (non-hydrogen) atoms. The summed E-state index contributed by atoms with van der Waals surface area (Å²) in [7, 11) is 0. The van der Waals surface area contributed by atoms with Gasteiger partial charge in [-0.2, -0.15) is 0 Å². The topological polar surface area (TPSA) is 183 Å². The number of benzene rings is 2. The van der Waals surface area contributed by atoms with Gasteiger partial charge in [0.15, 0.2) is 5.44 Å². The van der Waals surface area contributed by atoms with E-state index in [9.17, 15) is 35.1 Å². The Labute approximate surface area is 225 Å². The number of hydrogen-bond acceptors (Lipinski definition) is 9. The van der Waals surface area contributed by atoms with Gasteiger partial charge in [-0.1, -0.05) is 36.4 Å². The number of amides is 2. The molecule has 10 nitrogen and oxygen atoms in total. The van der Waals surface area contributed by atoms with Crippen LogP contribution in [0.1, 0.15) is 35.1 Å². The SMILES string of the molecule is Cc1cc(O)cc(O[C@@H]2S[C@H](CO)[C@@H](O)[C@H](O)[C@H]2O)c1Cc1ccc(/C=C/CC(=O)NCCC(N)=O)cc1. The maximum atomic E-state index is 11.8. The molecule has 0 aliphatic carbocycles. The minimum atomic E-state index is -1.48. The summed E-state index contributed by atoms with van der Waals surface area (Å²) in [6.45, 7) is 1.64. The van der Waals surface area contributed by atoms with E-state index in [1.54, 1.807) is 12.1 Å².